The van der Waals surface area contributed by atoms with Gasteiger partial charge in [0.15, 0.2) is 0 Å². The molecule has 0 spiro atoms. The summed E-state index contributed by atoms with van der Waals surface area (Å²) in [5.74, 6) is -0.194. The Bertz CT molecular complexity index is 1090. The number of benzene rings is 3. The fourth-order valence-corrected chi connectivity index (χ4v) is 3.94. The van der Waals surface area contributed by atoms with Gasteiger partial charge in [-0.3, -0.25) is 14.5 Å². The van der Waals surface area contributed by atoms with E-state index in [9.17, 15) is 9.59 Å². The van der Waals surface area contributed by atoms with Gasteiger partial charge >= 0.3 is 0 Å². The molecule has 1 fully saturated rings. The zero-order valence-corrected chi connectivity index (χ0v) is 18.8. The van der Waals surface area contributed by atoms with Crippen LogP contribution in [0.25, 0.3) is 0 Å². The second-order valence-electron chi connectivity index (χ2n) is 8.04. The molecule has 0 aromatic heterocycles. The number of nitrogens with one attached hydrogen (secondary N) is 1. The smallest absolute Gasteiger partial charge is 0.255 e. The molecule has 0 bridgehead atoms. The second kappa shape index (κ2) is 9.98. The van der Waals surface area contributed by atoms with E-state index in [4.69, 9.17) is 11.6 Å². The number of amides is 2. The van der Waals surface area contributed by atoms with Crippen molar-refractivity contribution in [2.75, 3.05) is 31.5 Å². The Morgan fingerprint density at radius 2 is 1.56 bits per heavy atom. The number of carbonyl (C=O) groups is 2. The van der Waals surface area contributed by atoms with Crippen molar-refractivity contribution in [3.63, 3.8) is 0 Å². The molecule has 0 atom stereocenters. The number of aryl methyl sites for hydroxylation is 1. The first kappa shape index (κ1) is 22.1. The monoisotopic (exact) mass is 447 g/mol. The molecular weight excluding hydrogens is 422 g/mol. The molecule has 1 heterocycles. The molecule has 3 aromatic carbocycles. The van der Waals surface area contributed by atoms with Gasteiger partial charge < -0.3 is 10.2 Å². The third kappa shape index (κ3) is 5.36. The first-order valence-corrected chi connectivity index (χ1v) is 11.1. The van der Waals surface area contributed by atoms with E-state index in [1.807, 2.05) is 66.4 Å². The van der Waals surface area contributed by atoms with E-state index in [0.717, 1.165) is 30.2 Å². The molecule has 5 nitrogen and oxygen atoms in total. The number of hydrogen-bond acceptors (Lipinski definition) is 3. The Labute approximate surface area is 193 Å². The fourth-order valence-electron chi connectivity index (χ4n) is 3.81. The molecule has 0 aliphatic carbocycles. The third-order valence-corrected chi connectivity index (χ3v) is 6.00. The van der Waals surface area contributed by atoms with Gasteiger partial charge in [0.25, 0.3) is 11.8 Å². The predicted molar refractivity (Wildman–Crippen MR) is 128 cm³/mol. The van der Waals surface area contributed by atoms with Gasteiger partial charge in [-0.2, -0.15) is 0 Å². The van der Waals surface area contributed by atoms with Crippen molar-refractivity contribution in [3.8, 4) is 0 Å². The first-order valence-electron chi connectivity index (χ1n) is 10.7. The molecule has 1 aliphatic rings. The quantitative estimate of drug-likeness (QED) is 0.607. The number of nitrogens with zero attached hydrogens (tertiary/aromatic N) is 2. The van der Waals surface area contributed by atoms with Crippen molar-refractivity contribution in [2.45, 2.75) is 13.5 Å². The fraction of sp³-hybridized carbons (Fsp3) is 0.231. The third-order valence-electron chi connectivity index (χ3n) is 5.75. The highest BCUT2D eigenvalue weighted by atomic mass is 35.5. The van der Waals surface area contributed by atoms with Crippen LogP contribution in [0.15, 0.2) is 72.8 Å². The summed E-state index contributed by atoms with van der Waals surface area (Å²) < 4.78 is 0. The average Bonchev–Trinajstić information content (AvgIpc) is 2.82. The van der Waals surface area contributed by atoms with Gasteiger partial charge in [-0.15, -0.1) is 0 Å². The van der Waals surface area contributed by atoms with Crippen molar-refractivity contribution < 1.29 is 9.59 Å². The summed E-state index contributed by atoms with van der Waals surface area (Å²) in [7, 11) is 0. The van der Waals surface area contributed by atoms with Gasteiger partial charge in [0, 0.05) is 54.6 Å². The van der Waals surface area contributed by atoms with Gasteiger partial charge in [-0.05, 0) is 54.4 Å². The standard InChI is InChI=1S/C26H26ClN3O2/c1-19-7-10-22(17-24(19)28-25(31)21-5-3-2-4-6-21)26(32)30-15-13-29(14-16-30)18-20-8-11-23(27)12-9-20/h2-12,17H,13-16,18H2,1H3,(H,28,31). The van der Waals surface area contributed by atoms with Gasteiger partial charge in [-0.25, -0.2) is 0 Å². The molecule has 6 heteroatoms. The van der Waals surface area contributed by atoms with E-state index in [-0.39, 0.29) is 11.8 Å². The highest BCUT2D eigenvalue weighted by molar-refractivity contribution is 6.30. The molecule has 0 radical (unpaired) electrons. The van der Waals surface area contributed by atoms with Crippen LogP contribution in [-0.4, -0.2) is 47.8 Å². The first-order chi connectivity index (χ1) is 15.5. The minimum absolute atomic E-state index is 0.00801. The zero-order chi connectivity index (χ0) is 22.5. The van der Waals surface area contributed by atoms with Crippen LogP contribution in [0, 0.1) is 6.92 Å². The normalized spacial score (nSPS) is 14.2. The summed E-state index contributed by atoms with van der Waals surface area (Å²) in [6, 6.07) is 22.4. The number of hydrogen-bond donors (Lipinski definition) is 1. The molecule has 32 heavy (non-hydrogen) atoms. The van der Waals surface area contributed by atoms with Crippen molar-refractivity contribution in [1.82, 2.24) is 9.80 Å². The van der Waals surface area contributed by atoms with Crippen LogP contribution < -0.4 is 5.32 Å². The van der Waals surface area contributed by atoms with Crippen molar-refractivity contribution in [3.05, 3.63) is 100 Å². The Balaban J connectivity index is 1.38. The molecule has 1 aliphatic heterocycles. The Morgan fingerprint density at radius 1 is 0.875 bits per heavy atom. The van der Waals surface area contributed by atoms with Crippen LogP contribution in [0.2, 0.25) is 5.02 Å². The maximum absolute atomic E-state index is 13.1. The van der Waals surface area contributed by atoms with Crippen LogP contribution in [-0.2, 0) is 6.54 Å². The van der Waals surface area contributed by atoms with E-state index in [1.165, 1.54) is 5.56 Å². The van der Waals surface area contributed by atoms with Gasteiger partial charge in [-0.1, -0.05) is 48.0 Å². The van der Waals surface area contributed by atoms with Crippen molar-refractivity contribution >= 4 is 29.1 Å². The number of piperazine rings is 1. The van der Waals surface area contributed by atoms with Crippen LogP contribution in [0.5, 0.6) is 0 Å². The predicted octanol–water partition coefficient (Wildman–Crippen LogP) is 4.86. The molecule has 2 amide bonds. The molecule has 1 saturated heterocycles. The minimum atomic E-state index is -0.186. The van der Waals surface area contributed by atoms with E-state index < -0.39 is 0 Å². The summed E-state index contributed by atoms with van der Waals surface area (Å²) in [4.78, 5) is 29.9. The average molecular weight is 448 g/mol. The maximum atomic E-state index is 13.1. The van der Waals surface area contributed by atoms with Crippen LogP contribution >= 0.6 is 11.6 Å². The SMILES string of the molecule is Cc1ccc(C(=O)N2CCN(Cc3ccc(Cl)cc3)CC2)cc1NC(=O)c1ccccc1. The molecule has 164 valence electrons. The van der Waals surface area contributed by atoms with Crippen molar-refractivity contribution in [1.29, 1.82) is 0 Å². The number of rotatable bonds is 5. The lowest BCUT2D eigenvalue weighted by Crippen LogP contribution is -2.48. The number of carbonyl (C=O) groups excluding carboxylic acids is 2. The molecular formula is C26H26ClN3O2. The van der Waals surface area contributed by atoms with E-state index in [1.54, 1.807) is 18.2 Å². The summed E-state index contributed by atoms with van der Waals surface area (Å²) in [5, 5.41) is 3.67. The molecule has 3 aromatic rings. The highest BCUT2D eigenvalue weighted by Crippen LogP contribution is 2.20. The molecule has 4 rings (SSSR count). The van der Waals surface area contributed by atoms with E-state index in [2.05, 4.69) is 10.2 Å². The lowest BCUT2D eigenvalue weighted by Gasteiger charge is -2.35. The lowest BCUT2D eigenvalue weighted by molar-refractivity contribution is 0.0628. The Hall–Kier alpha value is -3.15. The molecule has 1 N–H and O–H groups in total. The van der Waals surface area contributed by atoms with Crippen LogP contribution in [0.1, 0.15) is 31.8 Å². The van der Waals surface area contributed by atoms with E-state index >= 15 is 0 Å². The van der Waals surface area contributed by atoms with Crippen LogP contribution in [0.3, 0.4) is 0 Å². The Kier molecular flexibility index (Phi) is 6.88. The second-order valence-corrected chi connectivity index (χ2v) is 8.48. The van der Waals surface area contributed by atoms with Crippen molar-refractivity contribution in [2.24, 2.45) is 0 Å². The molecule has 0 unspecified atom stereocenters. The Morgan fingerprint density at radius 3 is 2.25 bits per heavy atom. The zero-order valence-electron chi connectivity index (χ0n) is 18.1. The number of halogens is 1. The highest BCUT2D eigenvalue weighted by Gasteiger charge is 2.23. The van der Waals surface area contributed by atoms with Gasteiger partial charge in [0.2, 0.25) is 0 Å². The largest absolute Gasteiger partial charge is 0.336 e. The van der Waals surface area contributed by atoms with Crippen LogP contribution in [0.4, 0.5) is 5.69 Å². The van der Waals surface area contributed by atoms with Gasteiger partial charge in [0.05, 0.1) is 0 Å². The number of anilines is 1. The van der Waals surface area contributed by atoms with E-state index in [0.29, 0.717) is 29.9 Å². The maximum Gasteiger partial charge on any atom is 0.255 e. The topological polar surface area (TPSA) is 52.7 Å². The summed E-state index contributed by atoms with van der Waals surface area (Å²) in [5.41, 5.74) is 3.96. The lowest BCUT2D eigenvalue weighted by atomic mass is 10.1. The summed E-state index contributed by atoms with van der Waals surface area (Å²) >= 11 is 5.97. The van der Waals surface area contributed by atoms with Gasteiger partial charge in [0.1, 0.15) is 0 Å². The summed E-state index contributed by atoms with van der Waals surface area (Å²) in [6.45, 7) is 5.75. The molecule has 0 saturated carbocycles. The minimum Gasteiger partial charge on any atom is -0.336 e. The summed E-state index contributed by atoms with van der Waals surface area (Å²) in [6.07, 6.45) is 0.